The van der Waals surface area contributed by atoms with E-state index in [1.165, 1.54) is 23.3 Å². The minimum Gasteiger partial charge on any atom is -0.341 e. The summed E-state index contributed by atoms with van der Waals surface area (Å²) in [7, 11) is 0. The highest BCUT2D eigenvalue weighted by atomic mass is 32.2. The average molecular weight is 401 g/mol. The third-order valence-corrected chi connectivity index (χ3v) is 6.61. The topological polar surface area (TPSA) is 67.2 Å². The Kier molecular flexibility index (Phi) is 6.26. The number of hydrogen-bond acceptors (Lipinski definition) is 6. The van der Waals surface area contributed by atoms with Crippen LogP contribution < -0.4 is 0 Å². The van der Waals surface area contributed by atoms with Crippen LogP contribution in [0.15, 0.2) is 35.5 Å². The van der Waals surface area contributed by atoms with E-state index in [4.69, 9.17) is 0 Å². The second-order valence-corrected chi connectivity index (χ2v) is 8.59. The number of aromatic nitrogens is 4. The van der Waals surface area contributed by atoms with Crippen molar-refractivity contribution in [1.82, 2.24) is 30.0 Å². The van der Waals surface area contributed by atoms with Gasteiger partial charge in [0.05, 0.1) is 12.1 Å². The van der Waals surface area contributed by atoms with E-state index < -0.39 is 0 Å². The molecule has 28 heavy (non-hydrogen) atoms. The van der Waals surface area contributed by atoms with Gasteiger partial charge in [-0.15, -0.1) is 16.9 Å². The van der Waals surface area contributed by atoms with Gasteiger partial charge in [-0.3, -0.25) is 9.69 Å². The molecular weight excluding hydrogens is 372 g/mol. The van der Waals surface area contributed by atoms with Crippen LogP contribution in [0.1, 0.15) is 43.7 Å². The maximum absolute atomic E-state index is 13.4. The maximum atomic E-state index is 13.4. The number of benzene rings is 1. The van der Waals surface area contributed by atoms with Crippen LogP contribution in [0.5, 0.6) is 0 Å². The van der Waals surface area contributed by atoms with Gasteiger partial charge >= 0.3 is 0 Å². The molecule has 2 saturated heterocycles. The Balaban J connectivity index is 1.52. The monoisotopic (exact) mass is 400 g/mol. The first-order valence-electron chi connectivity index (χ1n) is 10.1. The zero-order chi connectivity index (χ0) is 19.3. The van der Waals surface area contributed by atoms with Gasteiger partial charge in [-0.05, 0) is 53.6 Å². The number of thioether (sulfide) groups is 1. The number of carbonyl (C=O) groups is 1. The van der Waals surface area contributed by atoms with Crippen LogP contribution in [0.25, 0.3) is 0 Å². The standard InChI is InChI=1S/C20H28N6OS/c1-28-18-8-6-16(7-9-18)13-25-14-17(26-15-21-22-23-26)12-19(25)20(27)24-10-4-2-3-5-11-24/h6-9,15,17,19H,2-5,10-14H2,1H3/t17-,19+/m1/s1. The molecule has 0 spiro atoms. The smallest absolute Gasteiger partial charge is 0.240 e. The van der Waals surface area contributed by atoms with Gasteiger partial charge in [0, 0.05) is 31.1 Å². The van der Waals surface area contributed by atoms with Crippen molar-refractivity contribution in [1.29, 1.82) is 0 Å². The van der Waals surface area contributed by atoms with E-state index in [-0.39, 0.29) is 18.0 Å². The molecule has 2 aromatic rings. The summed E-state index contributed by atoms with van der Waals surface area (Å²) in [5, 5.41) is 11.7. The van der Waals surface area contributed by atoms with E-state index >= 15 is 0 Å². The summed E-state index contributed by atoms with van der Waals surface area (Å²) in [6.45, 7) is 3.35. The fraction of sp³-hybridized carbons (Fsp3) is 0.600. The van der Waals surface area contributed by atoms with Crippen LogP contribution in [0.2, 0.25) is 0 Å². The highest BCUT2D eigenvalue weighted by molar-refractivity contribution is 7.98. The van der Waals surface area contributed by atoms with Crippen LogP contribution in [0.3, 0.4) is 0 Å². The Morgan fingerprint density at radius 3 is 2.54 bits per heavy atom. The van der Waals surface area contributed by atoms with Crippen LogP contribution >= 0.6 is 11.8 Å². The number of amides is 1. The molecule has 7 nitrogen and oxygen atoms in total. The molecule has 2 aliphatic rings. The largest absolute Gasteiger partial charge is 0.341 e. The Bertz CT molecular complexity index is 758. The second kappa shape index (κ2) is 9.05. The first kappa shape index (κ1) is 19.4. The first-order valence-corrected chi connectivity index (χ1v) is 11.4. The van der Waals surface area contributed by atoms with E-state index in [9.17, 15) is 4.79 Å². The molecule has 2 fully saturated rings. The van der Waals surface area contributed by atoms with Crippen molar-refractivity contribution in [2.24, 2.45) is 0 Å². The van der Waals surface area contributed by atoms with Gasteiger partial charge in [0.2, 0.25) is 5.91 Å². The van der Waals surface area contributed by atoms with Crippen molar-refractivity contribution in [3.8, 4) is 0 Å². The van der Waals surface area contributed by atoms with E-state index in [1.54, 1.807) is 22.8 Å². The molecule has 2 atom stereocenters. The summed E-state index contributed by atoms with van der Waals surface area (Å²) in [4.78, 5) is 19.0. The van der Waals surface area contributed by atoms with Crippen molar-refractivity contribution in [2.45, 2.75) is 55.6 Å². The highest BCUT2D eigenvalue weighted by Gasteiger charge is 2.40. The quantitative estimate of drug-likeness (QED) is 0.719. The summed E-state index contributed by atoms with van der Waals surface area (Å²) < 4.78 is 1.81. The minimum absolute atomic E-state index is 0.104. The van der Waals surface area contributed by atoms with Crippen molar-refractivity contribution in [3.05, 3.63) is 36.2 Å². The van der Waals surface area contributed by atoms with Crippen LogP contribution in [0, 0.1) is 0 Å². The molecule has 4 rings (SSSR count). The van der Waals surface area contributed by atoms with Crippen molar-refractivity contribution < 1.29 is 4.79 Å². The number of likely N-dealkylation sites (tertiary alicyclic amines) is 2. The molecule has 0 saturated carbocycles. The molecule has 0 N–H and O–H groups in total. The summed E-state index contributed by atoms with van der Waals surface area (Å²) in [6, 6.07) is 8.68. The first-order chi connectivity index (χ1) is 13.7. The van der Waals surface area contributed by atoms with E-state index in [1.807, 2.05) is 0 Å². The fourth-order valence-electron chi connectivity index (χ4n) is 4.31. The van der Waals surface area contributed by atoms with Crippen LogP contribution in [0.4, 0.5) is 0 Å². The Labute approximate surface area is 170 Å². The molecular formula is C20H28N6OS. The number of tetrazole rings is 1. The SMILES string of the molecule is CSc1ccc(CN2C[C@H](n3cnnn3)C[C@H]2C(=O)N2CCCCCC2)cc1. The van der Waals surface area contributed by atoms with E-state index in [0.29, 0.717) is 0 Å². The molecule has 2 aliphatic heterocycles. The lowest BCUT2D eigenvalue weighted by atomic mass is 10.1. The lowest BCUT2D eigenvalue weighted by Crippen LogP contribution is -2.45. The summed E-state index contributed by atoms with van der Waals surface area (Å²) in [5.74, 6) is 0.276. The molecule has 1 aromatic carbocycles. The zero-order valence-corrected chi connectivity index (χ0v) is 17.2. The minimum atomic E-state index is -0.104. The summed E-state index contributed by atoms with van der Waals surface area (Å²) in [5.41, 5.74) is 1.24. The number of nitrogens with zero attached hydrogens (tertiary/aromatic N) is 6. The molecule has 8 heteroatoms. The Morgan fingerprint density at radius 2 is 1.89 bits per heavy atom. The van der Waals surface area contributed by atoms with Crippen molar-refractivity contribution in [2.75, 3.05) is 25.9 Å². The lowest BCUT2D eigenvalue weighted by molar-refractivity contribution is -0.136. The van der Waals surface area contributed by atoms with Gasteiger partial charge in [0.1, 0.15) is 6.33 Å². The van der Waals surface area contributed by atoms with Gasteiger partial charge in [-0.2, -0.15) is 0 Å². The molecule has 1 amide bonds. The Hall–Kier alpha value is -1.93. The fourth-order valence-corrected chi connectivity index (χ4v) is 4.71. The predicted octanol–water partition coefficient (Wildman–Crippen LogP) is 2.61. The number of rotatable bonds is 5. The summed E-state index contributed by atoms with van der Waals surface area (Å²) in [6.07, 6.45) is 9.21. The molecule has 1 aromatic heterocycles. The maximum Gasteiger partial charge on any atom is 0.240 e. The Morgan fingerprint density at radius 1 is 1.14 bits per heavy atom. The van der Waals surface area contributed by atoms with Gasteiger partial charge in [-0.25, -0.2) is 4.68 Å². The third kappa shape index (κ3) is 4.38. The highest BCUT2D eigenvalue weighted by Crippen LogP contribution is 2.30. The number of carbonyl (C=O) groups excluding carboxylic acids is 1. The van der Waals surface area contributed by atoms with E-state index in [0.717, 1.165) is 45.4 Å². The normalized spacial score (nSPS) is 23.7. The zero-order valence-electron chi connectivity index (χ0n) is 16.4. The van der Waals surface area contributed by atoms with Gasteiger partial charge in [0.15, 0.2) is 0 Å². The summed E-state index contributed by atoms with van der Waals surface area (Å²) >= 11 is 1.75. The molecule has 3 heterocycles. The molecule has 0 radical (unpaired) electrons. The third-order valence-electron chi connectivity index (χ3n) is 5.87. The number of hydrogen-bond donors (Lipinski definition) is 0. The molecule has 0 bridgehead atoms. The van der Waals surface area contributed by atoms with Crippen LogP contribution in [-0.4, -0.2) is 67.8 Å². The van der Waals surface area contributed by atoms with E-state index in [2.05, 4.69) is 55.8 Å². The predicted molar refractivity (Wildman–Crippen MR) is 109 cm³/mol. The van der Waals surface area contributed by atoms with Gasteiger partial charge in [0.25, 0.3) is 0 Å². The lowest BCUT2D eigenvalue weighted by Gasteiger charge is -2.29. The molecule has 0 aliphatic carbocycles. The van der Waals surface area contributed by atoms with Crippen LogP contribution in [-0.2, 0) is 11.3 Å². The van der Waals surface area contributed by atoms with Crippen molar-refractivity contribution >= 4 is 17.7 Å². The second-order valence-electron chi connectivity index (χ2n) is 7.71. The van der Waals surface area contributed by atoms with Crippen molar-refractivity contribution in [3.63, 3.8) is 0 Å². The molecule has 150 valence electrons. The van der Waals surface area contributed by atoms with Gasteiger partial charge in [-0.1, -0.05) is 25.0 Å². The van der Waals surface area contributed by atoms with Gasteiger partial charge < -0.3 is 4.90 Å². The molecule has 0 unspecified atom stereocenters. The average Bonchev–Trinajstić information content (AvgIpc) is 3.32.